The predicted octanol–water partition coefficient (Wildman–Crippen LogP) is 2.80. The van der Waals surface area contributed by atoms with E-state index in [-0.39, 0.29) is 24.6 Å². The first-order valence-corrected chi connectivity index (χ1v) is 10.1. The summed E-state index contributed by atoms with van der Waals surface area (Å²) in [6.45, 7) is 0.496. The minimum atomic E-state index is -0.312. The summed E-state index contributed by atoms with van der Waals surface area (Å²) in [7, 11) is 1.60. The number of rotatable bonds is 7. The van der Waals surface area contributed by atoms with Crippen LogP contribution in [0.4, 0.5) is 0 Å². The Morgan fingerprint density at radius 2 is 2.03 bits per heavy atom. The Morgan fingerprint density at radius 1 is 1.20 bits per heavy atom. The number of benzene rings is 1. The maximum atomic E-state index is 12.3. The van der Waals surface area contributed by atoms with Gasteiger partial charge in [0.05, 0.1) is 29.9 Å². The number of H-pyrrole nitrogens is 1. The number of methoxy groups -OCH3 is 1. The first-order chi connectivity index (χ1) is 14.6. The zero-order valence-electron chi connectivity index (χ0n) is 16.2. The fourth-order valence-electron chi connectivity index (χ4n) is 2.89. The summed E-state index contributed by atoms with van der Waals surface area (Å²) in [5.41, 5.74) is 2.38. The Hall–Kier alpha value is -3.72. The Morgan fingerprint density at radius 3 is 2.77 bits per heavy atom. The molecule has 0 aliphatic rings. The molecule has 0 saturated heterocycles. The van der Waals surface area contributed by atoms with Crippen molar-refractivity contribution in [2.24, 2.45) is 0 Å². The highest BCUT2D eigenvalue weighted by molar-refractivity contribution is 7.13. The number of hydrogen-bond acceptors (Lipinski definition) is 6. The Balaban J connectivity index is 1.40. The summed E-state index contributed by atoms with van der Waals surface area (Å²) in [5, 5.41) is 16.1. The van der Waals surface area contributed by atoms with Crippen LogP contribution in [0.5, 0.6) is 5.75 Å². The SMILES string of the molecule is COc1ccc(-c2ccc(=O)n(CCNC(=O)c3cc(-c4cccs4)[nH]n3)n2)cc1. The molecule has 4 aromatic rings. The Bertz CT molecular complexity index is 1200. The van der Waals surface area contributed by atoms with Gasteiger partial charge in [0.2, 0.25) is 0 Å². The predicted molar refractivity (Wildman–Crippen MR) is 115 cm³/mol. The molecule has 152 valence electrons. The fourth-order valence-corrected chi connectivity index (χ4v) is 3.58. The van der Waals surface area contributed by atoms with E-state index in [4.69, 9.17) is 4.74 Å². The van der Waals surface area contributed by atoms with Crippen molar-refractivity contribution in [2.45, 2.75) is 6.54 Å². The summed E-state index contributed by atoms with van der Waals surface area (Å²) < 4.78 is 6.49. The molecule has 3 aromatic heterocycles. The largest absolute Gasteiger partial charge is 0.497 e. The van der Waals surface area contributed by atoms with Gasteiger partial charge in [-0.3, -0.25) is 14.7 Å². The molecule has 4 rings (SSSR count). The van der Waals surface area contributed by atoms with Gasteiger partial charge in [0.25, 0.3) is 11.5 Å². The minimum Gasteiger partial charge on any atom is -0.497 e. The van der Waals surface area contributed by atoms with Crippen LogP contribution < -0.4 is 15.6 Å². The highest BCUT2D eigenvalue weighted by Gasteiger charge is 2.12. The van der Waals surface area contributed by atoms with Crippen molar-refractivity contribution < 1.29 is 9.53 Å². The van der Waals surface area contributed by atoms with Crippen molar-refractivity contribution in [3.05, 3.63) is 76.0 Å². The van der Waals surface area contributed by atoms with E-state index in [2.05, 4.69) is 20.6 Å². The molecule has 8 nitrogen and oxygen atoms in total. The van der Waals surface area contributed by atoms with Gasteiger partial charge in [0.1, 0.15) is 5.75 Å². The average molecular weight is 421 g/mol. The third kappa shape index (κ3) is 4.31. The third-order valence-corrected chi connectivity index (χ3v) is 5.36. The van der Waals surface area contributed by atoms with Crippen LogP contribution in [0.3, 0.4) is 0 Å². The molecular weight excluding hydrogens is 402 g/mol. The standard InChI is InChI=1S/C21H19N5O3S/c1-29-15-6-4-14(5-7-15)16-8-9-20(27)26(25-16)11-10-22-21(28)18-13-17(23-24-18)19-3-2-12-30-19/h2-9,12-13H,10-11H2,1H3,(H,22,28)(H,23,24). The van der Waals surface area contributed by atoms with Crippen molar-refractivity contribution in [2.75, 3.05) is 13.7 Å². The van der Waals surface area contributed by atoms with Crippen LogP contribution in [0.1, 0.15) is 10.5 Å². The second-order valence-electron chi connectivity index (χ2n) is 6.41. The van der Waals surface area contributed by atoms with Crippen molar-refractivity contribution in [3.63, 3.8) is 0 Å². The van der Waals surface area contributed by atoms with Gasteiger partial charge in [-0.15, -0.1) is 11.3 Å². The summed E-state index contributed by atoms with van der Waals surface area (Å²) in [6.07, 6.45) is 0. The van der Waals surface area contributed by atoms with Crippen LogP contribution in [0.25, 0.3) is 21.8 Å². The topological polar surface area (TPSA) is 102 Å². The first kappa shape index (κ1) is 19.6. The van der Waals surface area contributed by atoms with Gasteiger partial charge >= 0.3 is 0 Å². The van der Waals surface area contributed by atoms with Crippen LogP contribution in [0.15, 0.2) is 64.8 Å². The summed E-state index contributed by atoms with van der Waals surface area (Å²) >= 11 is 1.56. The van der Waals surface area contributed by atoms with E-state index in [9.17, 15) is 9.59 Å². The number of ether oxygens (including phenoxy) is 1. The van der Waals surface area contributed by atoms with E-state index in [1.165, 1.54) is 10.7 Å². The lowest BCUT2D eigenvalue weighted by Crippen LogP contribution is -2.32. The molecule has 30 heavy (non-hydrogen) atoms. The molecule has 0 aliphatic carbocycles. The minimum absolute atomic E-state index is 0.235. The second-order valence-corrected chi connectivity index (χ2v) is 7.36. The molecule has 0 radical (unpaired) electrons. The van der Waals surface area contributed by atoms with E-state index < -0.39 is 0 Å². The number of amides is 1. The normalized spacial score (nSPS) is 10.7. The number of nitrogens with zero attached hydrogens (tertiary/aromatic N) is 3. The second kappa shape index (κ2) is 8.75. The molecular formula is C21H19N5O3S. The van der Waals surface area contributed by atoms with Gasteiger partial charge in [0, 0.05) is 18.2 Å². The van der Waals surface area contributed by atoms with E-state index in [1.54, 1.807) is 30.6 Å². The molecule has 2 N–H and O–H groups in total. The summed E-state index contributed by atoms with van der Waals surface area (Å²) in [4.78, 5) is 25.5. The van der Waals surface area contributed by atoms with E-state index in [0.29, 0.717) is 11.4 Å². The molecule has 0 spiro atoms. The number of aromatic amines is 1. The van der Waals surface area contributed by atoms with Gasteiger partial charge in [0.15, 0.2) is 5.69 Å². The van der Waals surface area contributed by atoms with Crippen LogP contribution in [0, 0.1) is 0 Å². The van der Waals surface area contributed by atoms with Crippen molar-refractivity contribution >= 4 is 17.2 Å². The molecule has 1 aromatic carbocycles. The quantitative estimate of drug-likeness (QED) is 0.478. The molecule has 0 aliphatic heterocycles. The first-order valence-electron chi connectivity index (χ1n) is 9.24. The Kier molecular flexibility index (Phi) is 5.71. The monoisotopic (exact) mass is 421 g/mol. The number of nitrogens with one attached hydrogen (secondary N) is 2. The number of aromatic nitrogens is 4. The van der Waals surface area contributed by atoms with Crippen molar-refractivity contribution in [1.29, 1.82) is 0 Å². The molecule has 0 bridgehead atoms. The maximum Gasteiger partial charge on any atom is 0.271 e. The van der Waals surface area contributed by atoms with Crippen LogP contribution in [-0.2, 0) is 6.54 Å². The fraction of sp³-hybridized carbons (Fsp3) is 0.143. The molecule has 0 saturated carbocycles. The van der Waals surface area contributed by atoms with Crippen LogP contribution >= 0.6 is 11.3 Å². The molecule has 0 unspecified atom stereocenters. The third-order valence-electron chi connectivity index (χ3n) is 4.46. The molecule has 0 fully saturated rings. The lowest BCUT2D eigenvalue weighted by molar-refractivity contribution is 0.0946. The summed E-state index contributed by atoms with van der Waals surface area (Å²) in [5.74, 6) is 0.434. The van der Waals surface area contributed by atoms with E-state index in [0.717, 1.165) is 21.9 Å². The highest BCUT2D eigenvalue weighted by atomic mass is 32.1. The lowest BCUT2D eigenvalue weighted by Gasteiger charge is -2.08. The van der Waals surface area contributed by atoms with Gasteiger partial charge in [-0.2, -0.15) is 10.2 Å². The average Bonchev–Trinajstić information content (AvgIpc) is 3.47. The molecule has 1 amide bonds. The molecule has 3 heterocycles. The summed E-state index contributed by atoms with van der Waals surface area (Å²) in [6, 6.07) is 16.2. The number of thiophene rings is 1. The Labute approximate surface area is 176 Å². The van der Waals surface area contributed by atoms with Crippen LogP contribution in [0.2, 0.25) is 0 Å². The highest BCUT2D eigenvalue weighted by Crippen LogP contribution is 2.23. The van der Waals surface area contributed by atoms with Crippen molar-refractivity contribution in [1.82, 2.24) is 25.3 Å². The van der Waals surface area contributed by atoms with Gasteiger partial charge in [-0.1, -0.05) is 6.07 Å². The molecule has 9 heteroatoms. The lowest BCUT2D eigenvalue weighted by atomic mass is 10.1. The van der Waals surface area contributed by atoms with Crippen LogP contribution in [-0.4, -0.2) is 39.5 Å². The van der Waals surface area contributed by atoms with Gasteiger partial charge < -0.3 is 10.1 Å². The van der Waals surface area contributed by atoms with E-state index in [1.807, 2.05) is 41.8 Å². The van der Waals surface area contributed by atoms with Gasteiger partial charge in [-0.25, -0.2) is 4.68 Å². The number of carbonyl (C=O) groups is 1. The zero-order valence-corrected chi connectivity index (χ0v) is 17.0. The number of hydrogen-bond donors (Lipinski definition) is 2. The zero-order chi connectivity index (χ0) is 20.9. The number of carbonyl (C=O) groups excluding carboxylic acids is 1. The maximum absolute atomic E-state index is 12.3. The molecule has 0 atom stereocenters. The van der Waals surface area contributed by atoms with Crippen molar-refractivity contribution in [3.8, 4) is 27.6 Å². The van der Waals surface area contributed by atoms with E-state index >= 15 is 0 Å². The van der Waals surface area contributed by atoms with Gasteiger partial charge in [-0.05, 0) is 47.8 Å². The smallest absolute Gasteiger partial charge is 0.271 e.